The summed E-state index contributed by atoms with van der Waals surface area (Å²) in [5.41, 5.74) is 0.279. The van der Waals surface area contributed by atoms with Crippen molar-refractivity contribution in [2.45, 2.75) is 13.3 Å². The summed E-state index contributed by atoms with van der Waals surface area (Å²) in [5, 5.41) is 9.91. The van der Waals surface area contributed by atoms with Crippen molar-refractivity contribution in [3.63, 3.8) is 0 Å². The molecule has 0 unspecified atom stereocenters. The van der Waals surface area contributed by atoms with Crippen LogP contribution in [0.15, 0.2) is 36.1 Å². The van der Waals surface area contributed by atoms with E-state index in [1.807, 2.05) is 13.0 Å². The molecule has 13 heavy (non-hydrogen) atoms. The number of hydrogen-bond donors (Lipinski definition) is 0. The van der Waals surface area contributed by atoms with Crippen molar-refractivity contribution < 1.29 is 9.72 Å². The third-order valence-electron chi connectivity index (χ3n) is 1.19. The zero-order chi connectivity index (χ0) is 10.1. The van der Waals surface area contributed by atoms with Crippen LogP contribution in [-0.4, -0.2) is 11.2 Å². The predicted molar refractivity (Wildman–Crippen MR) is 49.7 cm³/mol. The van der Waals surface area contributed by atoms with Gasteiger partial charge < -0.3 is 0 Å². The lowest BCUT2D eigenvalue weighted by atomic mass is 10.2. The number of rotatable bonds is 5. The molecule has 0 aliphatic rings. The van der Waals surface area contributed by atoms with E-state index in [0.29, 0.717) is 6.29 Å². The van der Waals surface area contributed by atoms with E-state index in [-0.39, 0.29) is 5.57 Å². The minimum Gasteiger partial charge on any atom is -0.298 e. The van der Waals surface area contributed by atoms with Crippen LogP contribution in [0.3, 0.4) is 0 Å². The van der Waals surface area contributed by atoms with Gasteiger partial charge in [-0.15, -0.1) is 0 Å². The molecule has 0 aromatic rings. The summed E-state index contributed by atoms with van der Waals surface area (Å²) in [7, 11) is 0. The molecule has 4 nitrogen and oxygen atoms in total. The van der Waals surface area contributed by atoms with Gasteiger partial charge in [0.2, 0.25) is 6.20 Å². The van der Waals surface area contributed by atoms with Gasteiger partial charge in [0.15, 0.2) is 0 Å². The van der Waals surface area contributed by atoms with Crippen LogP contribution in [0.1, 0.15) is 13.3 Å². The lowest BCUT2D eigenvalue weighted by Crippen LogP contribution is -1.85. The van der Waals surface area contributed by atoms with Crippen molar-refractivity contribution in [2.24, 2.45) is 0 Å². The molecule has 0 rings (SSSR count). The molecular weight excluding hydrogens is 170 g/mol. The number of carbonyl (C=O) groups excluding carboxylic acids is 1. The summed E-state index contributed by atoms with van der Waals surface area (Å²) in [6, 6.07) is 0. The average Bonchev–Trinajstić information content (AvgIpc) is 2.10. The maximum atomic E-state index is 10.3. The Bertz CT molecular complexity index is 264. The van der Waals surface area contributed by atoms with E-state index < -0.39 is 4.92 Å². The largest absolute Gasteiger partial charge is 0.298 e. The van der Waals surface area contributed by atoms with Gasteiger partial charge in [0, 0.05) is 11.6 Å². The highest BCUT2D eigenvalue weighted by Gasteiger charge is 1.89. The quantitative estimate of drug-likeness (QED) is 0.214. The third-order valence-corrected chi connectivity index (χ3v) is 1.19. The fraction of sp³-hybridized carbons (Fsp3) is 0.222. The monoisotopic (exact) mass is 181 g/mol. The van der Waals surface area contributed by atoms with Crippen LogP contribution in [-0.2, 0) is 4.79 Å². The summed E-state index contributed by atoms with van der Waals surface area (Å²) in [4.78, 5) is 19.6. The molecule has 0 saturated heterocycles. The number of nitrogens with zero attached hydrogens (tertiary/aromatic N) is 1. The summed E-state index contributed by atoms with van der Waals surface area (Å²) in [6.45, 7) is 1.96. The molecule has 0 fully saturated rings. The number of allylic oxidation sites excluding steroid dienone is 5. The van der Waals surface area contributed by atoms with Crippen LogP contribution < -0.4 is 0 Å². The number of aldehydes is 1. The lowest BCUT2D eigenvalue weighted by molar-refractivity contribution is -0.402. The van der Waals surface area contributed by atoms with E-state index in [1.54, 1.807) is 6.08 Å². The number of hydrogen-bond acceptors (Lipinski definition) is 3. The van der Waals surface area contributed by atoms with Crippen molar-refractivity contribution >= 4 is 6.29 Å². The first-order valence-electron chi connectivity index (χ1n) is 3.84. The Labute approximate surface area is 76.4 Å². The third kappa shape index (κ3) is 6.68. The lowest BCUT2D eigenvalue weighted by Gasteiger charge is -1.83. The topological polar surface area (TPSA) is 60.2 Å². The van der Waals surface area contributed by atoms with Gasteiger partial charge >= 0.3 is 0 Å². The standard InChI is InChI=1S/C9H11NO3/c1-2-3-4-5-9(8-11)6-7-10(12)13/h3-8H,2H2,1H3/b4-3-,7-6+,9-5+. The van der Waals surface area contributed by atoms with E-state index in [0.717, 1.165) is 18.7 Å². The predicted octanol–water partition coefficient (Wildman–Crippen LogP) is 1.87. The minimum absolute atomic E-state index is 0.279. The normalized spacial score (nSPS) is 12.5. The smallest absolute Gasteiger partial charge is 0.235 e. The van der Waals surface area contributed by atoms with Gasteiger partial charge in [-0.3, -0.25) is 14.9 Å². The molecule has 4 heteroatoms. The van der Waals surface area contributed by atoms with E-state index in [9.17, 15) is 14.9 Å². The molecule has 0 aliphatic carbocycles. The second-order valence-electron chi connectivity index (χ2n) is 2.22. The first-order valence-corrected chi connectivity index (χ1v) is 3.84. The molecule has 0 aliphatic heterocycles. The summed E-state index contributed by atoms with van der Waals surface area (Å²) >= 11 is 0. The molecule has 0 atom stereocenters. The maximum Gasteiger partial charge on any atom is 0.235 e. The van der Waals surface area contributed by atoms with Gasteiger partial charge in [-0.25, -0.2) is 0 Å². The van der Waals surface area contributed by atoms with Crippen molar-refractivity contribution in [1.82, 2.24) is 0 Å². The molecule has 0 saturated carbocycles. The van der Waals surface area contributed by atoms with Gasteiger partial charge in [-0.1, -0.05) is 25.2 Å². The average molecular weight is 181 g/mol. The summed E-state index contributed by atoms with van der Waals surface area (Å²) in [6.07, 6.45) is 8.39. The van der Waals surface area contributed by atoms with Crippen LogP contribution >= 0.6 is 0 Å². The van der Waals surface area contributed by atoms with Crippen molar-refractivity contribution in [2.75, 3.05) is 0 Å². The van der Waals surface area contributed by atoms with Gasteiger partial charge in [0.1, 0.15) is 6.29 Å². The van der Waals surface area contributed by atoms with E-state index in [2.05, 4.69) is 0 Å². The summed E-state index contributed by atoms with van der Waals surface area (Å²) < 4.78 is 0. The van der Waals surface area contributed by atoms with E-state index >= 15 is 0 Å². The minimum atomic E-state index is -0.610. The molecule has 0 heterocycles. The first kappa shape index (κ1) is 11.3. The molecule has 0 radical (unpaired) electrons. The molecular formula is C9H11NO3. The van der Waals surface area contributed by atoms with Crippen molar-refractivity contribution in [3.8, 4) is 0 Å². The van der Waals surface area contributed by atoms with Gasteiger partial charge in [-0.05, 0) is 6.42 Å². The van der Waals surface area contributed by atoms with Gasteiger partial charge in [0.25, 0.3) is 0 Å². The van der Waals surface area contributed by atoms with Gasteiger partial charge in [-0.2, -0.15) is 0 Å². The molecule has 70 valence electrons. The van der Waals surface area contributed by atoms with Crippen LogP contribution in [0, 0.1) is 10.1 Å². The van der Waals surface area contributed by atoms with Crippen LogP contribution in [0.5, 0.6) is 0 Å². The van der Waals surface area contributed by atoms with E-state index in [1.165, 1.54) is 6.08 Å². The molecule has 0 bridgehead atoms. The van der Waals surface area contributed by atoms with Crippen LogP contribution in [0.25, 0.3) is 0 Å². The van der Waals surface area contributed by atoms with Crippen molar-refractivity contribution in [3.05, 3.63) is 46.2 Å². The molecule has 0 aromatic heterocycles. The highest BCUT2D eigenvalue weighted by molar-refractivity contribution is 5.77. The zero-order valence-corrected chi connectivity index (χ0v) is 7.34. The molecule has 0 amide bonds. The summed E-state index contributed by atoms with van der Waals surface area (Å²) in [5.74, 6) is 0. The Morgan fingerprint density at radius 2 is 2.23 bits per heavy atom. The fourth-order valence-corrected chi connectivity index (χ4v) is 0.596. The highest BCUT2D eigenvalue weighted by atomic mass is 16.6. The Balaban J connectivity index is 4.33. The van der Waals surface area contributed by atoms with Crippen LogP contribution in [0.4, 0.5) is 0 Å². The Kier molecular flexibility index (Phi) is 6.05. The first-order chi connectivity index (χ1) is 6.20. The SMILES string of the molecule is CC\C=C/C=C(C=O)\C=C\[N+](=O)[O-]. The zero-order valence-electron chi connectivity index (χ0n) is 7.34. The molecule has 0 spiro atoms. The Hall–Kier alpha value is -1.71. The fourth-order valence-electron chi connectivity index (χ4n) is 0.596. The second kappa shape index (κ2) is 6.97. The van der Waals surface area contributed by atoms with Crippen LogP contribution in [0.2, 0.25) is 0 Å². The second-order valence-corrected chi connectivity index (χ2v) is 2.22. The number of carbonyl (C=O) groups is 1. The van der Waals surface area contributed by atoms with Crippen molar-refractivity contribution in [1.29, 1.82) is 0 Å². The molecule has 0 aromatic carbocycles. The number of nitro groups is 1. The Morgan fingerprint density at radius 3 is 2.69 bits per heavy atom. The van der Waals surface area contributed by atoms with Gasteiger partial charge in [0.05, 0.1) is 4.92 Å². The molecule has 0 N–H and O–H groups in total. The van der Waals surface area contributed by atoms with E-state index in [4.69, 9.17) is 0 Å². The maximum absolute atomic E-state index is 10.3. The highest BCUT2D eigenvalue weighted by Crippen LogP contribution is 1.94. The Morgan fingerprint density at radius 1 is 1.54 bits per heavy atom.